The monoisotopic (exact) mass is 454 g/mol. The van der Waals surface area contributed by atoms with Crippen molar-refractivity contribution in [2.24, 2.45) is 10.3 Å². The third-order valence-corrected chi connectivity index (χ3v) is 8.97. The number of nitrogens with zero attached hydrogens (tertiary/aromatic N) is 4. The van der Waals surface area contributed by atoms with Gasteiger partial charge in [0.2, 0.25) is 5.91 Å². The van der Waals surface area contributed by atoms with E-state index in [-0.39, 0.29) is 34.3 Å². The van der Waals surface area contributed by atoms with Crippen molar-refractivity contribution in [1.29, 1.82) is 0 Å². The highest BCUT2D eigenvalue weighted by atomic mass is 32.2. The maximum atomic E-state index is 13.4. The van der Waals surface area contributed by atoms with Gasteiger partial charge in [0, 0.05) is 32.7 Å². The van der Waals surface area contributed by atoms with Crippen molar-refractivity contribution in [3.8, 4) is 0 Å². The van der Waals surface area contributed by atoms with E-state index in [1.54, 1.807) is 48.4 Å². The lowest BCUT2D eigenvalue weighted by Crippen LogP contribution is -2.54. The van der Waals surface area contributed by atoms with E-state index in [2.05, 4.69) is 4.40 Å². The van der Waals surface area contributed by atoms with Crippen LogP contribution in [0.5, 0.6) is 0 Å². The molecule has 3 heterocycles. The molecule has 11 heteroatoms. The van der Waals surface area contributed by atoms with Crippen LogP contribution in [0.3, 0.4) is 0 Å². The summed E-state index contributed by atoms with van der Waals surface area (Å²) >= 11 is 0. The minimum atomic E-state index is -3.72. The Bertz CT molecular complexity index is 1100. The van der Waals surface area contributed by atoms with Crippen molar-refractivity contribution >= 4 is 31.6 Å². The summed E-state index contributed by atoms with van der Waals surface area (Å²) in [6.45, 7) is 0.970. The first kappa shape index (κ1) is 21.3. The van der Waals surface area contributed by atoms with Crippen LogP contribution in [0, 0.1) is 5.92 Å². The highest BCUT2D eigenvalue weighted by Gasteiger charge is 2.41. The molecule has 0 aromatic heterocycles. The standard InChI is InChI=1S/C19H26N4O5S2/c1-21(2)23(15-9-11-29(25,26)13-15)19(24)14-6-5-10-22(12-14)18-16-7-3-4-8-17(16)30(27,28)20-18/h3-4,7-8,14-15H,5-6,9-13H2,1-2H3/t14-,15+/m0/s1. The van der Waals surface area contributed by atoms with Crippen LogP contribution in [0.2, 0.25) is 0 Å². The molecule has 3 aliphatic heterocycles. The Hall–Kier alpha value is -1.98. The van der Waals surface area contributed by atoms with Gasteiger partial charge in [-0.1, -0.05) is 12.1 Å². The van der Waals surface area contributed by atoms with E-state index in [1.807, 2.05) is 4.90 Å². The van der Waals surface area contributed by atoms with Crippen molar-refractivity contribution in [2.75, 3.05) is 38.7 Å². The average molecular weight is 455 g/mol. The van der Waals surface area contributed by atoms with Gasteiger partial charge in [-0.2, -0.15) is 8.42 Å². The molecule has 0 bridgehead atoms. The molecule has 0 saturated carbocycles. The van der Waals surface area contributed by atoms with Gasteiger partial charge in [0.15, 0.2) is 15.7 Å². The number of fused-ring (bicyclic) bond motifs is 1. The second-order valence-corrected chi connectivity index (χ2v) is 12.1. The van der Waals surface area contributed by atoms with Crippen LogP contribution in [-0.4, -0.2) is 88.2 Å². The molecule has 164 valence electrons. The van der Waals surface area contributed by atoms with Crippen molar-refractivity contribution in [2.45, 2.75) is 30.2 Å². The van der Waals surface area contributed by atoms with Crippen molar-refractivity contribution in [3.05, 3.63) is 29.8 Å². The zero-order chi connectivity index (χ0) is 21.7. The lowest BCUT2D eigenvalue weighted by Gasteiger charge is -2.40. The lowest BCUT2D eigenvalue weighted by molar-refractivity contribution is -0.155. The number of carbonyl (C=O) groups is 1. The Morgan fingerprint density at radius 3 is 2.53 bits per heavy atom. The number of likely N-dealkylation sites (tertiary alicyclic amines) is 1. The van der Waals surface area contributed by atoms with E-state index >= 15 is 0 Å². The number of sulfonamides is 1. The minimum absolute atomic E-state index is 0.0221. The van der Waals surface area contributed by atoms with Gasteiger partial charge < -0.3 is 4.90 Å². The number of piperidine rings is 1. The van der Waals surface area contributed by atoms with Crippen LogP contribution in [0.4, 0.5) is 0 Å². The molecule has 0 aliphatic carbocycles. The maximum absolute atomic E-state index is 13.4. The third kappa shape index (κ3) is 3.85. The fourth-order valence-electron chi connectivity index (χ4n) is 4.55. The van der Waals surface area contributed by atoms with Gasteiger partial charge in [0.05, 0.1) is 23.5 Å². The minimum Gasteiger partial charge on any atom is -0.355 e. The predicted octanol–water partition coefficient (Wildman–Crippen LogP) is 0.340. The Kier molecular flexibility index (Phi) is 5.39. The number of amides is 1. The summed E-state index contributed by atoms with van der Waals surface area (Å²) in [7, 11) is -3.36. The molecule has 2 atom stereocenters. The summed E-state index contributed by atoms with van der Waals surface area (Å²) in [4.78, 5) is 15.4. The number of benzene rings is 1. The van der Waals surface area contributed by atoms with Gasteiger partial charge in [0.25, 0.3) is 10.0 Å². The predicted molar refractivity (Wildman–Crippen MR) is 112 cm³/mol. The molecule has 0 unspecified atom stereocenters. The molecular formula is C19H26N4O5S2. The van der Waals surface area contributed by atoms with E-state index in [9.17, 15) is 21.6 Å². The Labute approximate surface area is 177 Å². The van der Waals surface area contributed by atoms with Crippen LogP contribution >= 0.6 is 0 Å². The van der Waals surface area contributed by atoms with Crippen LogP contribution in [0.25, 0.3) is 0 Å². The molecule has 4 rings (SSSR count). The molecule has 30 heavy (non-hydrogen) atoms. The first-order valence-corrected chi connectivity index (χ1v) is 13.3. The molecule has 2 fully saturated rings. The number of carbonyl (C=O) groups excluding carboxylic acids is 1. The third-order valence-electron chi connectivity index (χ3n) is 5.89. The number of hydrogen-bond donors (Lipinski definition) is 0. The number of sulfone groups is 1. The highest BCUT2D eigenvalue weighted by molar-refractivity contribution is 7.91. The first-order chi connectivity index (χ1) is 14.1. The summed E-state index contributed by atoms with van der Waals surface area (Å²) in [5.74, 6) is -0.0180. The van der Waals surface area contributed by atoms with E-state index in [1.165, 1.54) is 0 Å². The Morgan fingerprint density at radius 2 is 1.87 bits per heavy atom. The second kappa shape index (κ2) is 7.61. The van der Waals surface area contributed by atoms with Gasteiger partial charge in [-0.05, 0) is 31.4 Å². The maximum Gasteiger partial charge on any atom is 0.285 e. The molecule has 0 N–H and O–H groups in total. The van der Waals surface area contributed by atoms with Crippen LogP contribution in [0.1, 0.15) is 24.8 Å². The second-order valence-electron chi connectivity index (χ2n) is 8.26. The van der Waals surface area contributed by atoms with Gasteiger partial charge in [0.1, 0.15) is 4.90 Å². The quantitative estimate of drug-likeness (QED) is 0.606. The summed E-state index contributed by atoms with van der Waals surface area (Å²) in [6.07, 6.45) is 1.82. The summed E-state index contributed by atoms with van der Waals surface area (Å²) in [5.41, 5.74) is 0.567. The fraction of sp³-hybridized carbons (Fsp3) is 0.579. The summed E-state index contributed by atoms with van der Waals surface area (Å²) < 4.78 is 52.7. The Balaban J connectivity index is 1.56. The molecular weight excluding hydrogens is 428 g/mol. The number of hydrazine groups is 1. The van der Waals surface area contributed by atoms with Gasteiger partial charge in [-0.3, -0.25) is 9.80 Å². The van der Waals surface area contributed by atoms with E-state index < -0.39 is 19.9 Å². The van der Waals surface area contributed by atoms with E-state index in [0.717, 1.165) is 6.42 Å². The van der Waals surface area contributed by atoms with E-state index in [0.29, 0.717) is 37.3 Å². The number of hydrogen-bond acceptors (Lipinski definition) is 7. The zero-order valence-corrected chi connectivity index (χ0v) is 18.7. The molecule has 2 saturated heterocycles. The van der Waals surface area contributed by atoms with Crippen molar-refractivity contribution in [1.82, 2.24) is 14.9 Å². The normalized spacial score (nSPS) is 27.0. The molecule has 1 aromatic carbocycles. The molecule has 0 spiro atoms. The SMILES string of the molecule is CN(C)N(C(=O)[C@H]1CCCN(C2=NS(=O)(=O)c3ccccc32)C1)[C@@H]1CCS(=O)(=O)C1. The molecule has 3 aliphatic rings. The topological polar surface area (TPSA) is 107 Å². The molecule has 1 aromatic rings. The lowest BCUT2D eigenvalue weighted by atomic mass is 9.95. The first-order valence-electron chi connectivity index (χ1n) is 9.99. The van der Waals surface area contributed by atoms with Gasteiger partial charge >= 0.3 is 0 Å². The molecule has 1 amide bonds. The van der Waals surface area contributed by atoms with Gasteiger partial charge in [-0.25, -0.2) is 13.4 Å². The number of rotatable bonds is 3. The highest BCUT2D eigenvalue weighted by Crippen LogP contribution is 2.31. The van der Waals surface area contributed by atoms with Crippen LogP contribution in [-0.2, 0) is 24.7 Å². The number of amidine groups is 1. The fourth-order valence-corrected chi connectivity index (χ4v) is 7.47. The van der Waals surface area contributed by atoms with Crippen LogP contribution in [0.15, 0.2) is 33.6 Å². The smallest absolute Gasteiger partial charge is 0.285 e. The zero-order valence-electron chi connectivity index (χ0n) is 17.1. The van der Waals surface area contributed by atoms with Crippen molar-refractivity contribution in [3.63, 3.8) is 0 Å². The average Bonchev–Trinajstić information content (AvgIpc) is 3.18. The summed E-state index contributed by atoms with van der Waals surface area (Å²) in [5, 5.41) is 3.24. The molecule has 0 radical (unpaired) electrons. The largest absolute Gasteiger partial charge is 0.355 e. The van der Waals surface area contributed by atoms with E-state index in [4.69, 9.17) is 0 Å². The van der Waals surface area contributed by atoms with Crippen molar-refractivity contribution < 1.29 is 21.6 Å². The summed E-state index contributed by atoms with van der Waals surface area (Å²) in [6, 6.07) is 6.36. The van der Waals surface area contributed by atoms with Crippen LogP contribution < -0.4 is 0 Å². The van der Waals surface area contributed by atoms with Gasteiger partial charge in [-0.15, -0.1) is 4.40 Å². The Morgan fingerprint density at radius 1 is 1.13 bits per heavy atom. The molecule has 9 nitrogen and oxygen atoms in total.